The minimum absolute atomic E-state index is 0.0658. The number of aromatic nitrogens is 3. The maximum atomic E-state index is 5.83. The molecule has 0 amide bonds. The molecule has 0 aliphatic rings. The largest absolute Gasteiger partial charge is 0.367 e. The van der Waals surface area contributed by atoms with Crippen LogP contribution in [0.2, 0.25) is 14.8 Å². The van der Waals surface area contributed by atoms with E-state index in [9.17, 15) is 0 Å². The Hall–Kier alpha value is -0.620. The standard InChI is InChI=1S/C9H7Cl3N4S/c10-6-2-1-5(17-6)3-4-13-8-7(11)15-16-9(12)14-8/h1-2H,3-4H2,(H,13,14,16). The molecule has 0 unspecified atom stereocenters. The number of anilines is 1. The lowest BCUT2D eigenvalue weighted by Gasteiger charge is -2.04. The molecular formula is C9H7Cl3N4S. The van der Waals surface area contributed by atoms with Crippen molar-refractivity contribution in [2.75, 3.05) is 11.9 Å². The first-order chi connectivity index (χ1) is 8.15. The van der Waals surface area contributed by atoms with Gasteiger partial charge in [0.05, 0.1) is 4.34 Å². The summed E-state index contributed by atoms with van der Waals surface area (Å²) in [5, 5.41) is 10.5. The van der Waals surface area contributed by atoms with Crippen molar-refractivity contribution in [2.24, 2.45) is 0 Å². The molecule has 2 aromatic heterocycles. The van der Waals surface area contributed by atoms with Gasteiger partial charge in [-0.3, -0.25) is 0 Å². The predicted molar refractivity (Wildman–Crippen MR) is 71.4 cm³/mol. The lowest BCUT2D eigenvalue weighted by molar-refractivity contribution is 0.949. The first-order valence-electron chi connectivity index (χ1n) is 4.69. The summed E-state index contributed by atoms with van der Waals surface area (Å²) in [6, 6.07) is 3.86. The lowest BCUT2D eigenvalue weighted by Crippen LogP contribution is -2.07. The summed E-state index contributed by atoms with van der Waals surface area (Å²) in [5.41, 5.74) is 0. The fourth-order valence-electron chi connectivity index (χ4n) is 1.20. The van der Waals surface area contributed by atoms with Crippen molar-refractivity contribution < 1.29 is 0 Å². The van der Waals surface area contributed by atoms with Gasteiger partial charge in [0.1, 0.15) is 0 Å². The maximum Gasteiger partial charge on any atom is 0.245 e. The van der Waals surface area contributed by atoms with Crippen LogP contribution >= 0.6 is 46.1 Å². The fourth-order valence-corrected chi connectivity index (χ4v) is 2.55. The minimum Gasteiger partial charge on any atom is -0.367 e. The molecule has 90 valence electrons. The van der Waals surface area contributed by atoms with E-state index in [-0.39, 0.29) is 10.4 Å². The zero-order chi connectivity index (χ0) is 12.3. The molecule has 4 nitrogen and oxygen atoms in total. The highest BCUT2D eigenvalue weighted by Crippen LogP contribution is 2.22. The predicted octanol–water partition coefficient (Wildman–Crippen LogP) is 3.55. The van der Waals surface area contributed by atoms with E-state index < -0.39 is 0 Å². The van der Waals surface area contributed by atoms with Gasteiger partial charge in [-0.05, 0) is 30.2 Å². The Kier molecular flexibility index (Phi) is 4.39. The number of hydrogen-bond acceptors (Lipinski definition) is 5. The molecule has 0 atom stereocenters. The Morgan fingerprint density at radius 1 is 1.18 bits per heavy atom. The molecule has 8 heteroatoms. The van der Waals surface area contributed by atoms with E-state index >= 15 is 0 Å². The molecule has 17 heavy (non-hydrogen) atoms. The summed E-state index contributed by atoms with van der Waals surface area (Å²) >= 11 is 18.8. The van der Waals surface area contributed by atoms with Crippen LogP contribution in [0.3, 0.4) is 0 Å². The van der Waals surface area contributed by atoms with Crippen LogP contribution in [-0.2, 0) is 6.42 Å². The first kappa shape index (κ1) is 12.8. The molecule has 1 N–H and O–H groups in total. The van der Waals surface area contributed by atoms with Crippen LogP contribution in [0.4, 0.5) is 5.82 Å². The summed E-state index contributed by atoms with van der Waals surface area (Å²) in [5.74, 6) is 0.439. The van der Waals surface area contributed by atoms with Crippen LogP contribution < -0.4 is 5.32 Å². The van der Waals surface area contributed by atoms with E-state index in [0.717, 1.165) is 10.8 Å². The molecule has 0 aliphatic carbocycles. The van der Waals surface area contributed by atoms with Crippen LogP contribution in [0.1, 0.15) is 4.88 Å². The molecule has 2 heterocycles. The highest BCUT2D eigenvalue weighted by molar-refractivity contribution is 7.16. The van der Waals surface area contributed by atoms with Gasteiger partial charge in [0, 0.05) is 11.4 Å². The Morgan fingerprint density at radius 3 is 2.71 bits per heavy atom. The quantitative estimate of drug-likeness (QED) is 0.938. The van der Waals surface area contributed by atoms with E-state index in [2.05, 4.69) is 20.5 Å². The SMILES string of the molecule is Clc1nnc(Cl)c(NCCc2ccc(Cl)s2)n1. The lowest BCUT2D eigenvalue weighted by atomic mass is 10.3. The Labute approximate surface area is 117 Å². The zero-order valence-electron chi connectivity index (χ0n) is 8.45. The number of halogens is 3. The number of rotatable bonds is 4. The van der Waals surface area contributed by atoms with Gasteiger partial charge >= 0.3 is 0 Å². The van der Waals surface area contributed by atoms with Gasteiger partial charge in [-0.2, -0.15) is 4.98 Å². The molecule has 2 rings (SSSR count). The van der Waals surface area contributed by atoms with E-state index in [1.54, 1.807) is 11.3 Å². The molecular weight excluding hydrogens is 303 g/mol. The average Bonchev–Trinajstić information content (AvgIpc) is 2.69. The van der Waals surface area contributed by atoms with Crippen molar-refractivity contribution in [3.05, 3.63) is 31.8 Å². The first-order valence-corrected chi connectivity index (χ1v) is 6.64. The Morgan fingerprint density at radius 2 is 2.00 bits per heavy atom. The molecule has 0 radical (unpaired) electrons. The van der Waals surface area contributed by atoms with Crippen LogP contribution in [0.5, 0.6) is 0 Å². The Bertz CT molecular complexity index is 517. The molecule has 2 aromatic rings. The normalized spacial score (nSPS) is 10.5. The van der Waals surface area contributed by atoms with Crippen molar-refractivity contribution >= 4 is 52.0 Å². The summed E-state index contributed by atoms with van der Waals surface area (Å²) in [7, 11) is 0. The van der Waals surface area contributed by atoms with Gasteiger partial charge in [-0.25, -0.2) is 0 Å². The van der Waals surface area contributed by atoms with Gasteiger partial charge in [-0.15, -0.1) is 21.5 Å². The van der Waals surface area contributed by atoms with E-state index in [0.29, 0.717) is 12.4 Å². The number of nitrogens with zero attached hydrogens (tertiary/aromatic N) is 3. The molecule has 0 aliphatic heterocycles. The monoisotopic (exact) mass is 308 g/mol. The minimum atomic E-state index is 0.0658. The van der Waals surface area contributed by atoms with E-state index in [1.807, 2.05) is 12.1 Å². The van der Waals surface area contributed by atoms with Gasteiger partial charge in [0.2, 0.25) is 5.28 Å². The van der Waals surface area contributed by atoms with Crippen LogP contribution in [0.25, 0.3) is 0 Å². The van der Waals surface area contributed by atoms with Crippen molar-refractivity contribution in [2.45, 2.75) is 6.42 Å². The molecule has 0 saturated heterocycles. The van der Waals surface area contributed by atoms with Crippen LogP contribution in [0.15, 0.2) is 12.1 Å². The summed E-state index contributed by atoms with van der Waals surface area (Å²) in [4.78, 5) is 5.12. The summed E-state index contributed by atoms with van der Waals surface area (Å²) in [6.07, 6.45) is 0.829. The summed E-state index contributed by atoms with van der Waals surface area (Å²) in [6.45, 7) is 0.672. The van der Waals surface area contributed by atoms with Gasteiger partial charge in [-0.1, -0.05) is 23.2 Å². The van der Waals surface area contributed by atoms with Gasteiger partial charge in [0.15, 0.2) is 11.0 Å². The van der Waals surface area contributed by atoms with Gasteiger partial charge < -0.3 is 5.32 Å². The van der Waals surface area contributed by atoms with Crippen LogP contribution in [0, 0.1) is 0 Å². The highest BCUT2D eigenvalue weighted by atomic mass is 35.5. The topological polar surface area (TPSA) is 50.7 Å². The molecule has 0 aromatic carbocycles. The second-order valence-corrected chi connectivity index (χ2v) is 5.60. The highest BCUT2D eigenvalue weighted by Gasteiger charge is 2.05. The third-order valence-corrected chi connectivity index (χ3v) is 3.62. The van der Waals surface area contributed by atoms with Crippen molar-refractivity contribution in [1.29, 1.82) is 0 Å². The Balaban J connectivity index is 1.91. The molecule has 0 spiro atoms. The molecule has 0 fully saturated rings. The van der Waals surface area contributed by atoms with Crippen molar-refractivity contribution in [3.63, 3.8) is 0 Å². The second-order valence-electron chi connectivity index (χ2n) is 3.10. The molecule has 0 bridgehead atoms. The third kappa shape index (κ3) is 3.67. The van der Waals surface area contributed by atoms with Gasteiger partial charge in [0.25, 0.3) is 0 Å². The molecule has 0 saturated carbocycles. The zero-order valence-corrected chi connectivity index (χ0v) is 11.5. The van der Waals surface area contributed by atoms with Crippen molar-refractivity contribution in [3.8, 4) is 0 Å². The van der Waals surface area contributed by atoms with Crippen LogP contribution in [-0.4, -0.2) is 21.7 Å². The smallest absolute Gasteiger partial charge is 0.245 e. The summed E-state index contributed by atoms with van der Waals surface area (Å²) < 4.78 is 0.782. The maximum absolute atomic E-state index is 5.83. The van der Waals surface area contributed by atoms with E-state index in [1.165, 1.54) is 4.88 Å². The van der Waals surface area contributed by atoms with E-state index in [4.69, 9.17) is 34.8 Å². The number of thiophene rings is 1. The number of hydrogen-bond donors (Lipinski definition) is 1. The average molecular weight is 310 g/mol. The fraction of sp³-hybridized carbons (Fsp3) is 0.222. The third-order valence-electron chi connectivity index (χ3n) is 1.91. The second kappa shape index (κ2) is 5.82. The van der Waals surface area contributed by atoms with Crippen molar-refractivity contribution in [1.82, 2.24) is 15.2 Å². The number of nitrogens with one attached hydrogen (secondary N) is 1.